The summed E-state index contributed by atoms with van der Waals surface area (Å²) in [5.74, 6) is 0.729. The summed E-state index contributed by atoms with van der Waals surface area (Å²) in [7, 11) is 0. The van der Waals surface area contributed by atoms with Crippen molar-refractivity contribution in [2.75, 3.05) is 10.2 Å². The highest BCUT2D eigenvalue weighted by Crippen LogP contribution is 2.48. The first-order chi connectivity index (χ1) is 13.9. The monoisotopic (exact) mass is 417 g/mol. The van der Waals surface area contributed by atoms with Crippen LogP contribution in [-0.2, 0) is 0 Å². The van der Waals surface area contributed by atoms with E-state index in [2.05, 4.69) is 49.6 Å². The Labute approximate surface area is 179 Å². The first-order valence-corrected chi connectivity index (χ1v) is 10.2. The third kappa shape index (κ3) is 3.11. The highest BCUT2D eigenvalue weighted by molar-refractivity contribution is 7.15. The summed E-state index contributed by atoms with van der Waals surface area (Å²) in [5, 5.41) is 6.09. The summed E-state index contributed by atoms with van der Waals surface area (Å²) in [4.78, 5) is 8.50. The number of pyridine rings is 1. The summed E-state index contributed by atoms with van der Waals surface area (Å²) in [6, 6.07) is 8.15. The normalized spacial score (nSPS) is 14.0. The molecule has 3 aromatic rings. The van der Waals surface area contributed by atoms with Gasteiger partial charge in [0.2, 0.25) is 0 Å². The van der Waals surface area contributed by atoms with Crippen LogP contribution in [0.1, 0.15) is 15.3 Å². The number of anilines is 2. The van der Waals surface area contributed by atoms with Gasteiger partial charge in [-0.25, -0.2) is 0 Å². The van der Waals surface area contributed by atoms with Crippen LogP contribution in [0.15, 0.2) is 86.0 Å². The largest absolute Gasteiger partial charge is 0.340 e. The SMILES string of the molecule is C=C/C=C(\C(=C)Cl)c1sc2c(c1C)NC(=C)N(c1cncc3ccccc13)C2=C. The molecular weight excluding hydrogens is 398 g/mol. The Morgan fingerprint density at radius 2 is 2.00 bits per heavy atom. The Bertz CT molecular complexity index is 1230. The molecule has 0 amide bonds. The molecule has 0 radical (unpaired) electrons. The van der Waals surface area contributed by atoms with Gasteiger partial charge < -0.3 is 5.32 Å². The van der Waals surface area contributed by atoms with Crippen LogP contribution in [0.3, 0.4) is 0 Å². The lowest BCUT2D eigenvalue weighted by Gasteiger charge is -2.34. The number of fused-ring (bicyclic) bond motifs is 2. The minimum atomic E-state index is 0.478. The van der Waals surface area contributed by atoms with Crippen LogP contribution in [0.5, 0.6) is 0 Å². The smallest absolute Gasteiger partial charge is 0.108 e. The van der Waals surface area contributed by atoms with E-state index in [4.69, 9.17) is 11.6 Å². The van der Waals surface area contributed by atoms with Crippen molar-refractivity contribution in [1.29, 1.82) is 0 Å². The summed E-state index contributed by atoms with van der Waals surface area (Å²) >= 11 is 7.89. The number of hydrogen-bond acceptors (Lipinski definition) is 4. The molecule has 4 rings (SSSR count). The van der Waals surface area contributed by atoms with Gasteiger partial charge >= 0.3 is 0 Å². The predicted molar refractivity (Wildman–Crippen MR) is 128 cm³/mol. The zero-order valence-corrected chi connectivity index (χ0v) is 17.7. The third-order valence-corrected chi connectivity index (χ3v) is 6.51. The van der Waals surface area contributed by atoms with Crippen LogP contribution in [0, 0.1) is 6.92 Å². The zero-order valence-electron chi connectivity index (χ0n) is 16.1. The number of halogens is 1. The molecule has 0 aliphatic carbocycles. The van der Waals surface area contributed by atoms with Gasteiger partial charge in [-0.3, -0.25) is 9.88 Å². The molecule has 29 heavy (non-hydrogen) atoms. The lowest BCUT2D eigenvalue weighted by atomic mass is 10.1. The number of nitrogens with zero attached hydrogens (tertiary/aromatic N) is 2. The van der Waals surface area contributed by atoms with E-state index in [9.17, 15) is 0 Å². The number of thiophene rings is 1. The number of nitrogens with one attached hydrogen (secondary N) is 1. The summed E-state index contributed by atoms with van der Waals surface area (Å²) in [6.07, 6.45) is 7.30. The van der Waals surface area contributed by atoms with Gasteiger partial charge in [0.15, 0.2) is 0 Å². The summed E-state index contributed by atoms with van der Waals surface area (Å²) in [5.41, 5.74) is 4.72. The van der Waals surface area contributed by atoms with E-state index < -0.39 is 0 Å². The molecule has 1 aliphatic heterocycles. The second-order valence-corrected chi connectivity index (χ2v) is 8.19. The lowest BCUT2D eigenvalue weighted by molar-refractivity contribution is 1.15. The number of benzene rings is 1. The van der Waals surface area contributed by atoms with Crippen LogP contribution in [-0.4, -0.2) is 4.98 Å². The number of allylic oxidation sites excluding steroid dienone is 4. The van der Waals surface area contributed by atoms with Crippen LogP contribution in [0.2, 0.25) is 0 Å². The quantitative estimate of drug-likeness (QED) is 0.451. The van der Waals surface area contributed by atoms with Gasteiger partial charge in [0.25, 0.3) is 0 Å². The van der Waals surface area contributed by atoms with E-state index in [1.807, 2.05) is 41.6 Å². The fraction of sp³-hybridized carbons (Fsp3) is 0.0417. The highest BCUT2D eigenvalue weighted by atomic mass is 35.5. The molecule has 3 heterocycles. The molecule has 5 heteroatoms. The Balaban J connectivity index is 1.87. The molecule has 0 atom stereocenters. The second kappa shape index (κ2) is 7.39. The van der Waals surface area contributed by atoms with E-state index in [-0.39, 0.29) is 0 Å². The molecule has 0 saturated heterocycles. The number of aromatic nitrogens is 1. The maximum atomic E-state index is 6.26. The predicted octanol–water partition coefficient (Wildman–Crippen LogP) is 7.30. The Hall–Kier alpha value is -3.08. The molecule has 1 aromatic carbocycles. The van der Waals surface area contributed by atoms with Crippen LogP contribution < -0.4 is 10.2 Å². The molecule has 0 unspecified atom stereocenters. The number of hydrogen-bond donors (Lipinski definition) is 1. The van der Waals surface area contributed by atoms with Gasteiger partial charge in [0.1, 0.15) is 5.82 Å². The van der Waals surface area contributed by atoms with Gasteiger partial charge in [-0.2, -0.15) is 0 Å². The first kappa shape index (κ1) is 19.2. The van der Waals surface area contributed by atoms with Crippen LogP contribution >= 0.6 is 22.9 Å². The maximum Gasteiger partial charge on any atom is 0.108 e. The Kier molecular flexibility index (Phi) is 4.91. The standard InChI is InChI=1S/C24H20ClN3S/c1-6-9-19(15(3)25)23-14(2)22-24(29-23)16(4)28(17(5)27-22)21-13-26-12-18-10-7-8-11-20(18)21/h6-13,27H,1,3-5H2,2H3/b19-9+. The summed E-state index contributed by atoms with van der Waals surface area (Å²) < 4.78 is 0. The van der Waals surface area contributed by atoms with Gasteiger partial charge in [0, 0.05) is 32.5 Å². The molecule has 144 valence electrons. The molecule has 2 aromatic heterocycles. The van der Waals surface area contributed by atoms with Crippen molar-refractivity contribution in [1.82, 2.24) is 4.98 Å². The number of rotatable bonds is 4. The van der Waals surface area contributed by atoms with Crippen LogP contribution in [0.25, 0.3) is 22.0 Å². The van der Waals surface area contributed by atoms with E-state index in [0.29, 0.717) is 5.03 Å². The van der Waals surface area contributed by atoms with Gasteiger partial charge in [-0.15, -0.1) is 11.3 Å². The summed E-state index contributed by atoms with van der Waals surface area (Å²) in [6.45, 7) is 18.4. The Morgan fingerprint density at radius 1 is 1.24 bits per heavy atom. The highest BCUT2D eigenvalue weighted by Gasteiger charge is 2.30. The maximum absolute atomic E-state index is 6.26. The van der Waals surface area contributed by atoms with Gasteiger partial charge in [-0.1, -0.05) is 74.3 Å². The van der Waals surface area contributed by atoms with Crippen molar-refractivity contribution in [2.45, 2.75) is 6.92 Å². The van der Waals surface area contributed by atoms with E-state index in [1.165, 1.54) is 0 Å². The van der Waals surface area contributed by atoms with Crippen molar-refractivity contribution >= 4 is 56.4 Å². The minimum absolute atomic E-state index is 0.478. The van der Waals surface area contributed by atoms with Crippen LogP contribution in [0.4, 0.5) is 11.4 Å². The zero-order chi connectivity index (χ0) is 20.7. The average Bonchev–Trinajstić information content (AvgIpc) is 3.02. The lowest BCUT2D eigenvalue weighted by Crippen LogP contribution is -2.28. The fourth-order valence-corrected chi connectivity index (χ4v) is 5.05. The van der Waals surface area contributed by atoms with Gasteiger partial charge in [-0.05, 0) is 12.5 Å². The Morgan fingerprint density at radius 3 is 2.72 bits per heavy atom. The van der Waals surface area contributed by atoms with Crippen molar-refractivity contribution in [2.24, 2.45) is 0 Å². The second-order valence-electron chi connectivity index (χ2n) is 6.71. The van der Waals surface area contributed by atoms with Crippen molar-refractivity contribution in [3.05, 3.63) is 101 Å². The molecule has 1 N–H and O–H groups in total. The van der Waals surface area contributed by atoms with Crippen molar-refractivity contribution in [3.63, 3.8) is 0 Å². The molecular formula is C24H20ClN3S. The third-order valence-electron chi connectivity index (χ3n) is 4.93. The molecule has 3 nitrogen and oxygen atoms in total. The van der Waals surface area contributed by atoms with Crippen molar-refractivity contribution < 1.29 is 0 Å². The molecule has 0 bridgehead atoms. The van der Waals surface area contributed by atoms with Crippen molar-refractivity contribution in [3.8, 4) is 0 Å². The first-order valence-electron chi connectivity index (χ1n) is 9.03. The van der Waals surface area contributed by atoms with E-state index >= 15 is 0 Å². The molecule has 0 saturated carbocycles. The molecule has 0 spiro atoms. The minimum Gasteiger partial charge on any atom is -0.340 e. The molecule has 0 fully saturated rings. The average molecular weight is 418 g/mol. The van der Waals surface area contributed by atoms with E-state index in [0.717, 1.165) is 54.6 Å². The topological polar surface area (TPSA) is 28.2 Å². The fourth-order valence-electron chi connectivity index (χ4n) is 3.57. The van der Waals surface area contributed by atoms with Gasteiger partial charge in [0.05, 0.1) is 28.1 Å². The molecule has 1 aliphatic rings. The van der Waals surface area contributed by atoms with E-state index in [1.54, 1.807) is 17.4 Å².